The van der Waals surface area contributed by atoms with Crippen LogP contribution in [0.3, 0.4) is 0 Å². The van der Waals surface area contributed by atoms with Gasteiger partial charge in [-0.2, -0.15) is 0 Å². The molecular weight excluding hydrogens is 261 g/mol. The van der Waals surface area contributed by atoms with E-state index in [-0.39, 0.29) is 11.7 Å². The van der Waals surface area contributed by atoms with Gasteiger partial charge in [-0.15, -0.1) is 11.3 Å². The number of hydrogen-bond acceptors (Lipinski definition) is 2. The Labute approximate surface area is 115 Å². The zero-order valence-corrected chi connectivity index (χ0v) is 11.7. The molecule has 0 atom stereocenters. The van der Waals surface area contributed by atoms with E-state index in [1.807, 2.05) is 11.0 Å². The monoisotopic (exact) mass is 277 g/mol. The van der Waals surface area contributed by atoms with Gasteiger partial charge >= 0.3 is 0 Å². The summed E-state index contributed by atoms with van der Waals surface area (Å²) in [5.74, 6) is 0.484. The summed E-state index contributed by atoms with van der Waals surface area (Å²) in [6.45, 7) is 3.29. The van der Waals surface area contributed by atoms with Gasteiger partial charge in [0.15, 0.2) is 0 Å². The van der Waals surface area contributed by atoms with Gasteiger partial charge in [0.1, 0.15) is 5.82 Å². The zero-order valence-electron chi connectivity index (χ0n) is 10.9. The molecule has 4 heteroatoms. The maximum atomic E-state index is 13.2. The van der Waals surface area contributed by atoms with Gasteiger partial charge < -0.3 is 4.90 Å². The van der Waals surface area contributed by atoms with Crippen molar-refractivity contribution in [3.63, 3.8) is 0 Å². The van der Waals surface area contributed by atoms with Crippen LogP contribution in [0.25, 0.3) is 10.1 Å². The highest BCUT2D eigenvalue weighted by atomic mass is 32.1. The third kappa shape index (κ3) is 2.37. The lowest BCUT2D eigenvalue weighted by molar-refractivity contribution is -0.129. The SMILES string of the molecule is CC(=O)N1CCC(c2csc3cc(F)ccc23)CC1. The number of carbonyl (C=O) groups excluding carboxylic acids is 1. The van der Waals surface area contributed by atoms with E-state index in [1.165, 1.54) is 17.0 Å². The minimum atomic E-state index is -0.174. The Morgan fingerprint density at radius 1 is 1.37 bits per heavy atom. The molecule has 1 amide bonds. The van der Waals surface area contributed by atoms with Crippen LogP contribution >= 0.6 is 11.3 Å². The summed E-state index contributed by atoms with van der Waals surface area (Å²) >= 11 is 1.61. The van der Waals surface area contributed by atoms with E-state index in [0.717, 1.165) is 30.6 Å². The van der Waals surface area contributed by atoms with Crippen molar-refractivity contribution in [3.05, 3.63) is 35.0 Å². The summed E-state index contributed by atoms with van der Waals surface area (Å²) in [5.41, 5.74) is 1.32. The molecule has 2 aromatic rings. The van der Waals surface area contributed by atoms with Crippen LogP contribution < -0.4 is 0 Å². The van der Waals surface area contributed by atoms with Crippen LogP contribution in [0.5, 0.6) is 0 Å². The zero-order chi connectivity index (χ0) is 13.4. The second-order valence-electron chi connectivity index (χ2n) is 5.11. The standard InChI is InChI=1S/C15H16FNOS/c1-10(18)17-6-4-11(5-7-17)14-9-19-15-8-12(16)2-3-13(14)15/h2-3,8-9,11H,4-7H2,1H3. The lowest BCUT2D eigenvalue weighted by Crippen LogP contribution is -2.36. The van der Waals surface area contributed by atoms with E-state index < -0.39 is 0 Å². The molecule has 2 nitrogen and oxygen atoms in total. The van der Waals surface area contributed by atoms with Crippen LogP contribution in [0.2, 0.25) is 0 Å². The second kappa shape index (κ2) is 4.93. The number of piperidine rings is 1. The summed E-state index contributed by atoms with van der Waals surface area (Å²) in [6, 6.07) is 5.02. The number of thiophene rings is 1. The Kier molecular flexibility index (Phi) is 3.27. The molecular formula is C15H16FNOS. The van der Waals surface area contributed by atoms with Crippen molar-refractivity contribution in [2.45, 2.75) is 25.7 Å². The van der Waals surface area contributed by atoms with Crippen LogP contribution in [0.1, 0.15) is 31.2 Å². The second-order valence-corrected chi connectivity index (χ2v) is 6.02. The first kappa shape index (κ1) is 12.6. The number of halogens is 1. The first-order valence-electron chi connectivity index (χ1n) is 6.57. The molecule has 0 aliphatic carbocycles. The van der Waals surface area contributed by atoms with Crippen molar-refractivity contribution < 1.29 is 9.18 Å². The van der Waals surface area contributed by atoms with Gasteiger partial charge in [-0.05, 0) is 47.2 Å². The molecule has 0 N–H and O–H groups in total. The molecule has 100 valence electrons. The first-order chi connectivity index (χ1) is 9.15. The predicted molar refractivity (Wildman–Crippen MR) is 76.0 cm³/mol. The van der Waals surface area contributed by atoms with Gasteiger partial charge in [-0.3, -0.25) is 4.79 Å². The van der Waals surface area contributed by atoms with Gasteiger partial charge in [-0.25, -0.2) is 4.39 Å². The Balaban J connectivity index is 1.84. The molecule has 2 heterocycles. The Morgan fingerprint density at radius 2 is 2.11 bits per heavy atom. The molecule has 1 aromatic heterocycles. The number of carbonyl (C=O) groups is 1. The van der Waals surface area contributed by atoms with Crippen molar-refractivity contribution in [2.24, 2.45) is 0 Å². The smallest absolute Gasteiger partial charge is 0.219 e. The molecule has 1 saturated heterocycles. The summed E-state index contributed by atoms with van der Waals surface area (Å²) in [4.78, 5) is 13.2. The van der Waals surface area contributed by atoms with E-state index in [0.29, 0.717) is 5.92 Å². The number of benzene rings is 1. The summed E-state index contributed by atoms with van der Waals surface area (Å²) < 4.78 is 14.2. The summed E-state index contributed by atoms with van der Waals surface area (Å²) in [6.07, 6.45) is 2.01. The molecule has 0 saturated carbocycles. The lowest BCUT2D eigenvalue weighted by Gasteiger charge is -2.31. The largest absolute Gasteiger partial charge is 0.343 e. The van der Waals surface area contributed by atoms with Crippen molar-refractivity contribution in [3.8, 4) is 0 Å². The molecule has 0 unspecified atom stereocenters. The molecule has 19 heavy (non-hydrogen) atoms. The number of nitrogens with zero attached hydrogens (tertiary/aromatic N) is 1. The fourth-order valence-electron chi connectivity index (χ4n) is 2.84. The molecule has 0 spiro atoms. The highest BCUT2D eigenvalue weighted by Crippen LogP contribution is 2.36. The minimum Gasteiger partial charge on any atom is -0.343 e. The third-order valence-electron chi connectivity index (χ3n) is 3.95. The number of amides is 1. The highest BCUT2D eigenvalue weighted by Gasteiger charge is 2.23. The average molecular weight is 277 g/mol. The minimum absolute atomic E-state index is 0.163. The van der Waals surface area contributed by atoms with E-state index in [9.17, 15) is 9.18 Å². The van der Waals surface area contributed by atoms with Crippen molar-refractivity contribution >= 4 is 27.3 Å². The molecule has 0 radical (unpaired) electrons. The van der Waals surface area contributed by atoms with Crippen molar-refractivity contribution in [1.82, 2.24) is 4.90 Å². The molecule has 1 fully saturated rings. The Morgan fingerprint density at radius 3 is 2.79 bits per heavy atom. The Hall–Kier alpha value is -1.42. The lowest BCUT2D eigenvalue weighted by atomic mass is 9.89. The van der Waals surface area contributed by atoms with Gasteiger partial charge in [0.05, 0.1) is 0 Å². The average Bonchev–Trinajstić information content (AvgIpc) is 2.81. The summed E-state index contributed by atoms with van der Waals surface area (Å²) in [5, 5.41) is 3.32. The van der Waals surface area contributed by atoms with Gasteiger partial charge in [0, 0.05) is 24.7 Å². The maximum absolute atomic E-state index is 13.2. The van der Waals surface area contributed by atoms with E-state index >= 15 is 0 Å². The predicted octanol–water partition coefficient (Wildman–Crippen LogP) is 3.77. The van der Waals surface area contributed by atoms with Crippen LogP contribution in [-0.2, 0) is 4.79 Å². The third-order valence-corrected chi connectivity index (χ3v) is 4.91. The van der Waals surface area contributed by atoms with Crippen LogP contribution in [0.15, 0.2) is 23.6 Å². The van der Waals surface area contributed by atoms with Crippen LogP contribution in [-0.4, -0.2) is 23.9 Å². The van der Waals surface area contributed by atoms with Gasteiger partial charge in [-0.1, -0.05) is 6.07 Å². The van der Waals surface area contributed by atoms with E-state index in [2.05, 4.69) is 5.38 Å². The van der Waals surface area contributed by atoms with Gasteiger partial charge in [0.2, 0.25) is 5.91 Å². The van der Waals surface area contributed by atoms with Crippen LogP contribution in [0.4, 0.5) is 4.39 Å². The maximum Gasteiger partial charge on any atom is 0.219 e. The molecule has 1 aromatic carbocycles. The molecule has 1 aliphatic rings. The Bertz CT molecular complexity index is 614. The highest BCUT2D eigenvalue weighted by molar-refractivity contribution is 7.17. The van der Waals surface area contributed by atoms with Crippen molar-refractivity contribution in [2.75, 3.05) is 13.1 Å². The molecule has 3 rings (SSSR count). The fraction of sp³-hybridized carbons (Fsp3) is 0.400. The quantitative estimate of drug-likeness (QED) is 0.777. The fourth-order valence-corrected chi connectivity index (χ4v) is 3.91. The van der Waals surface area contributed by atoms with Gasteiger partial charge in [0.25, 0.3) is 0 Å². The normalized spacial score (nSPS) is 17.1. The van der Waals surface area contributed by atoms with E-state index in [1.54, 1.807) is 24.3 Å². The van der Waals surface area contributed by atoms with E-state index in [4.69, 9.17) is 0 Å². The number of likely N-dealkylation sites (tertiary alicyclic amines) is 1. The molecule has 1 aliphatic heterocycles. The van der Waals surface area contributed by atoms with Crippen LogP contribution in [0, 0.1) is 5.82 Å². The molecule has 0 bridgehead atoms. The number of rotatable bonds is 1. The topological polar surface area (TPSA) is 20.3 Å². The first-order valence-corrected chi connectivity index (χ1v) is 7.45. The summed E-state index contributed by atoms with van der Waals surface area (Å²) in [7, 11) is 0. The number of fused-ring (bicyclic) bond motifs is 1. The van der Waals surface area contributed by atoms with Crippen molar-refractivity contribution in [1.29, 1.82) is 0 Å². The number of hydrogen-bond donors (Lipinski definition) is 0.